The van der Waals surface area contributed by atoms with Gasteiger partial charge in [0.05, 0.1) is 12.6 Å². The summed E-state index contributed by atoms with van der Waals surface area (Å²) in [6.07, 6.45) is 3.88. The zero-order chi connectivity index (χ0) is 14.2. The van der Waals surface area contributed by atoms with Crippen LogP contribution in [0.5, 0.6) is 0 Å². The van der Waals surface area contributed by atoms with Crippen LogP contribution in [0, 0.1) is 0 Å². The predicted molar refractivity (Wildman–Crippen MR) is 82.9 cm³/mol. The lowest BCUT2D eigenvalue weighted by Gasteiger charge is -2.18. The molecule has 1 atom stereocenters. The minimum atomic E-state index is 0.431. The molecule has 1 aliphatic heterocycles. The van der Waals surface area contributed by atoms with Gasteiger partial charge in [0.25, 0.3) is 0 Å². The van der Waals surface area contributed by atoms with Crippen molar-refractivity contribution in [3.8, 4) is 0 Å². The number of guanidine groups is 1. The highest BCUT2D eigenvalue weighted by Crippen LogP contribution is 2.14. The van der Waals surface area contributed by atoms with Gasteiger partial charge in [-0.05, 0) is 24.8 Å². The van der Waals surface area contributed by atoms with Crippen LogP contribution >= 0.6 is 0 Å². The van der Waals surface area contributed by atoms with Crippen LogP contribution in [0.25, 0.3) is 0 Å². The summed E-state index contributed by atoms with van der Waals surface area (Å²) in [6.45, 7) is 2.55. The van der Waals surface area contributed by atoms with Crippen LogP contribution in [0.4, 0.5) is 0 Å². The van der Waals surface area contributed by atoms with E-state index in [0.29, 0.717) is 12.6 Å². The van der Waals surface area contributed by atoms with Gasteiger partial charge >= 0.3 is 0 Å². The summed E-state index contributed by atoms with van der Waals surface area (Å²) in [5.74, 6) is 0.937. The maximum absolute atomic E-state index is 5.63. The second-order valence-electron chi connectivity index (χ2n) is 5.37. The molecule has 110 valence electrons. The molecule has 0 bridgehead atoms. The molecule has 1 aliphatic rings. The fraction of sp³-hybridized carbons (Fsp3) is 0.562. The molecule has 0 amide bonds. The number of rotatable bonds is 5. The van der Waals surface area contributed by atoms with Crippen molar-refractivity contribution >= 4 is 5.96 Å². The van der Waals surface area contributed by atoms with E-state index < -0.39 is 0 Å². The van der Waals surface area contributed by atoms with Gasteiger partial charge < -0.3 is 15.0 Å². The lowest BCUT2D eigenvalue weighted by Crippen LogP contribution is -2.37. The molecule has 1 aromatic carbocycles. The van der Waals surface area contributed by atoms with Gasteiger partial charge in [-0.15, -0.1) is 0 Å². The Kier molecular flexibility index (Phi) is 5.87. The summed E-state index contributed by atoms with van der Waals surface area (Å²) < 4.78 is 5.63. The number of aliphatic imine (C=N–C) groups is 1. The van der Waals surface area contributed by atoms with Crippen molar-refractivity contribution < 1.29 is 4.74 Å². The highest BCUT2D eigenvalue weighted by Gasteiger charge is 2.15. The Morgan fingerprint density at radius 2 is 2.15 bits per heavy atom. The van der Waals surface area contributed by atoms with Gasteiger partial charge in [-0.2, -0.15) is 0 Å². The molecule has 2 rings (SSSR count). The van der Waals surface area contributed by atoms with Crippen molar-refractivity contribution in [3.63, 3.8) is 0 Å². The van der Waals surface area contributed by atoms with E-state index in [0.717, 1.165) is 25.5 Å². The summed E-state index contributed by atoms with van der Waals surface area (Å²) in [4.78, 5) is 6.67. The third-order valence-corrected chi connectivity index (χ3v) is 3.45. The molecule has 0 radical (unpaired) electrons. The Labute approximate surface area is 121 Å². The Bertz CT molecular complexity index is 411. The van der Waals surface area contributed by atoms with E-state index in [4.69, 9.17) is 4.74 Å². The largest absolute Gasteiger partial charge is 0.378 e. The average molecular weight is 275 g/mol. The number of ether oxygens (including phenoxy) is 1. The highest BCUT2D eigenvalue weighted by molar-refractivity contribution is 5.79. The first-order chi connectivity index (χ1) is 9.75. The number of hydrogen-bond acceptors (Lipinski definition) is 2. The molecular weight excluding hydrogens is 250 g/mol. The molecule has 1 heterocycles. The minimum absolute atomic E-state index is 0.431. The van der Waals surface area contributed by atoms with Crippen molar-refractivity contribution in [2.75, 3.05) is 27.2 Å². The standard InChI is InChI=1S/C16H25N3O/c1-19(2)16(17-11-10-15-9-6-12-20-15)18-13-14-7-4-3-5-8-14/h3-5,7-8,15H,6,9-13H2,1-2H3,(H,17,18). The van der Waals surface area contributed by atoms with Gasteiger partial charge in [0.1, 0.15) is 0 Å². The second-order valence-corrected chi connectivity index (χ2v) is 5.37. The summed E-state index contributed by atoms with van der Waals surface area (Å²) >= 11 is 0. The molecule has 4 heteroatoms. The minimum Gasteiger partial charge on any atom is -0.378 e. The molecule has 1 fully saturated rings. The zero-order valence-corrected chi connectivity index (χ0v) is 12.5. The van der Waals surface area contributed by atoms with Crippen molar-refractivity contribution in [2.45, 2.75) is 31.9 Å². The predicted octanol–water partition coefficient (Wildman–Crippen LogP) is 2.26. The van der Waals surface area contributed by atoms with Gasteiger partial charge in [-0.25, -0.2) is 4.99 Å². The van der Waals surface area contributed by atoms with Crippen molar-refractivity contribution in [2.24, 2.45) is 4.99 Å². The van der Waals surface area contributed by atoms with E-state index in [1.54, 1.807) is 0 Å². The lowest BCUT2D eigenvalue weighted by atomic mass is 10.2. The maximum atomic E-state index is 5.63. The van der Waals surface area contributed by atoms with Gasteiger partial charge in [0, 0.05) is 27.2 Å². The number of benzene rings is 1. The van der Waals surface area contributed by atoms with E-state index >= 15 is 0 Å². The van der Waals surface area contributed by atoms with Crippen molar-refractivity contribution in [1.82, 2.24) is 10.2 Å². The summed E-state index contributed by atoms with van der Waals surface area (Å²) in [5.41, 5.74) is 1.23. The fourth-order valence-corrected chi connectivity index (χ4v) is 2.32. The zero-order valence-electron chi connectivity index (χ0n) is 12.5. The van der Waals surface area contributed by atoms with Crippen LogP contribution < -0.4 is 5.32 Å². The molecule has 20 heavy (non-hydrogen) atoms. The Hall–Kier alpha value is -1.55. The molecule has 1 N–H and O–H groups in total. The average Bonchev–Trinajstić information content (AvgIpc) is 2.96. The summed E-state index contributed by atoms with van der Waals surface area (Å²) in [5, 5.41) is 3.41. The molecule has 1 aromatic rings. The van der Waals surface area contributed by atoms with Gasteiger partial charge in [0.15, 0.2) is 5.96 Å². The molecule has 0 saturated carbocycles. The van der Waals surface area contributed by atoms with Gasteiger partial charge in [-0.3, -0.25) is 0 Å². The van der Waals surface area contributed by atoms with E-state index in [1.807, 2.05) is 37.2 Å². The third kappa shape index (κ3) is 4.85. The Balaban J connectivity index is 1.80. The third-order valence-electron chi connectivity index (χ3n) is 3.45. The molecule has 0 spiro atoms. The van der Waals surface area contributed by atoms with Crippen molar-refractivity contribution in [3.05, 3.63) is 35.9 Å². The lowest BCUT2D eigenvalue weighted by molar-refractivity contribution is 0.105. The first kappa shape index (κ1) is 14.9. The van der Waals surface area contributed by atoms with E-state index in [-0.39, 0.29) is 0 Å². The van der Waals surface area contributed by atoms with Crippen LogP contribution in [0.15, 0.2) is 35.3 Å². The molecule has 4 nitrogen and oxygen atoms in total. The highest BCUT2D eigenvalue weighted by atomic mass is 16.5. The Morgan fingerprint density at radius 3 is 2.80 bits per heavy atom. The Morgan fingerprint density at radius 1 is 1.35 bits per heavy atom. The van der Waals surface area contributed by atoms with Crippen LogP contribution in [0.3, 0.4) is 0 Å². The molecule has 1 unspecified atom stereocenters. The first-order valence-electron chi connectivity index (χ1n) is 7.37. The maximum Gasteiger partial charge on any atom is 0.193 e. The normalized spacial score (nSPS) is 19.1. The topological polar surface area (TPSA) is 36.9 Å². The molecule has 1 saturated heterocycles. The van der Waals surface area contributed by atoms with Gasteiger partial charge in [0.2, 0.25) is 0 Å². The van der Waals surface area contributed by atoms with Crippen LogP contribution in [-0.2, 0) is 11.3 Å². The number of hydrogen-bond donors (Lipinski definition) is 1. The van der Waals surface area contributed by atoms with Gasteiger partial charge in [-0.1, -0.05) is 30.3 Å². The quantitative estimate of drug-likeness (QED) is 0.661. The first-order valence-corrected chi connectivity index (χ1v) is 7.37. The monoisotopic (exact) mass is 275 g/mol. The fourth-order valence-electron chi connectivity index (χ4n) is 2.32. The summed E-state index contributed by atoms with van der Waals surface area (Å²) in [6, 6.07) is 10.3. The van der Waals surface area contributed by atoms with E-state index in [9.17, 15) is 0 Å². The van der Waals surface area contributed by atoms with Crippen molar-refractivity contribution in [1.29, 1.82) is 0 Å². The summed E-state index contributed by atoms with van der Waals surface area (Å²) in [7, 11) is 4.03. The smallest absolute Gasteiger partial charge is 0.193 e. The number of nitrogens with one attached hydrogen (secondary N) is 1. The molecule has 0 aliphatic carbocycles. The second kappa shape index (κ2) is 7.90. The SMILES string of the molecule is CN(C)C(=NCc1ccccc1)NCCC1CCCO1. The molecule has 0 aromatic heterocycles. The van der Waals surface area contributed by atoms with E-state index in [1.165, 1.54) is 18.4 Å². The number of nitrogens with zero attached hydrogens (tertiary/aromatic N) is 2. The molecular formula is C16H25N3O. The van der Waals surface area contributed by atoms with Crippen LogP contribution in [-0.4, -0.2) is 44.2 Å². The van der Waals surface area contributed by atoms with Crippen LogP contribution in [0.2, 0.25) is 0 Å². The van der Waals surface area contributed by atoms with Crippen LogP contribution in [0.1, 0.15) is 24.8 Å². The van der Waals surface area contributed by atoms with E-state index in [2.05, 4.69) is 22.4 Å².